The number of H-pyrrole nitrogens is 1. The fourth-order valence-corrected chi connectivity index (χ4v) is 4.33. The zero-order chi connectivity index (χ0) is 17.4. The number of amides is 2. The second-order valence-corrected chi connectivity index (χ2v) is 7.46. The van der Waals surface area contributed by atoms with Crippen LogP contribution in [0.1, 0.15) is 17.2 Å². The maximum absolute atomic E-state index is 12.2. The Labute approximate surface area is 152 Å². The van der Waals surface area contributed by atoms with Crippen molar-refractivity contribution in [1.29, 1.82) is 0 Å². The highest BCUT2D eigenvalue weighted by atomic mass is 35.5. The molecule has 1 aliphatic carbocycles. The number of benzene rings is 1. The van der Waals surface area contributed by atoms with Crippen LogP contribution in [0.3, 0.4) is 0 Å². The standard InChI is InChI=1S/C17H14ClN3O3S/c18-13-6-10-7-14(21-16(10)25-13)24-17(23)20-12-5-9-3-1-2-4-11(9)15(12)19-8-22/h1-4,6-8,12,15,21H,5H2,(H,19,22)(H,20,23)/t12-,15-/m1/s1. The molecule has 6 nitrogen and oxygen atoms in total. The Hall–Kier alpha value is -2.51. The van der Waals surface area contributed by atoms with E-state index in [9.17, 15) is 9.59 Å². The summed E-state index contributed by atoms with van der Waals surface area (Å²) in [6, 6.07) is 10.8. The summed E-state index contributed by atoms with van der Waals surface area (Å²) >= 11 is 7.31. The molecular formula is C17H14ClN3O3S. The molecule has 4 rings (SSSR count). The van der Waals surface area contributed by atoms with Crippen LogP contribution >= 0.6 is 22.9 Å². The fraction of sp³-hybridized carbons (Fsp3) is 0.176. The quantitative estimate of drug-likeness (QED) is 0.611. The molecule has 0 radical (unpaired) electrons. The van der Waals surface area contributed by atoms with Gasteiger partial charge in [0.15, 0.2) is 0 Å². The maximum atomic E-state index is 12.2. The molecule has 2 heterocycles. The van der Waals surface area contributed by atoms with Crippen molar-refractivity contribution in [2.24, 2.45) is 0 Å². The summed E-state index contributed by atoms with van der Waals surface area (Å²) in [6.45, 7) is 0. The number of carbonyl (C=O) groups excluding carboxylic acids is 2. The number of aromatic amines is 1. The van der Waals surface area contributed by atoms with Crippen LogP contribution in [-0.4, -0.2) is 23.5 Å². The molecule has 1 aromatic carbocycles. The van der Waals surface area contributed by atoms with Crippen molar-refractivity contribution in [3.63, 3.8) is 0 Å². The van der Waals surface area contributed by atoms with Gasteiger partial charge in [0.25, 0.3) is 0 Å². The Morgan fingerprint density at radius 2 is 2.20 bits per heavy atom. The monoisotopic (exact) mass is 375 g/mol. The molecule has 128 valence electrons. The largest absolute Gasteiger partial charge is 0.414 e. The zero-order valence-electron chi connectivity index (χ0n) is 12.9. The highest BCUT2D eigenvalue weighted by Crippen LogP contribution is 2.33. The van der Waals surface area contributed by atoms with Crippen LogP contribution in [0.5, 0.6) is 5.88 Å². The molecule has 0 aliphatic heterocycles. The van der Waals surface area contributed by atoms with Crippen LogP contribution in [0.15, 0.2) is 36.4 Å². The van der Waals surface area contributed by atoms with Crippen molar-refractivity contribution < 1.29 is 14.3 Å². The topological polar surface area (TPSA) is 83.2 Å². The molecule has 1 aliphatic rings. The number of aromatic nitrogens is 1. The van der Waals surface area contributed by atoms with E-state index in [1.807, 2.05) is 24.3 Å². The maximum Gasteiger partial charge on any atom is 0.414 e. The number of rotatable bonds is 4. The minimum absolute atomic E-state index is 0.263. The van der Waals surface area contributed by atoms with Crippen molar-refractivity contribution in [2.45, 2.75) is 18.5 Å². The van der Waals surface area contributed by atoms with Gasteiger partial charge < -0.3 is 20.4 Å². The normalized spacial score (nSPS) is 18.8. The van der Waals surface area contributed by atoms with Gasteiger partial charge in [0, 0.05) is 11.5 Å². The van der Waals surface area contributed by atoms with E-state index in [4.69, 9.17) is 16.3 Å². The number of hydrogen-bond donors (Lipinski definition) is 3. The van der Waals surface area contributed by atoms with Gasteiger partial charge in [0.1, 0.15) is 4.83 Å². The van der Waals surface area contributed by atoms with Gasteiger partial charge in [0.2, 0.25) is 12.3 Å². The number of carbonyl (C=O) groups is 2. The third kappa shape index (κ3) is 3.08. The van der Waals surface area contributed by atoms with Gasteiger partial charge >= 0.3 is 6.09 Å². The molecule has 2 aromatic heterocycles. The molecule has 8 heteroatoms. The Bertz CT molecular complexity index is 920. The van der Waals surface area contributed by atoms with Crippen molar-refractivity contribution >= 4 is 45.7 Å². The molecule has 2 amide bonds. The highest BCUT2D eigenvalue weighted by Gasteiger charge is 2.33. The zero-order valence-corrected chi connectivity index (χ0v) is 14.5. The molecule has 3 aromatic rings. The van der Waals surface area contributed by atoms with Crippen LogP contribution in [0.25, 0.3) is 10.2 Å². The molecule has 2 atom stereocenters. The Morgan fingerprint density at radius 1 is 1.36 bits per heavy atom. The molecule has 0 spiro atoms. The lowest BCUT2D eigenvalue weighted by molar-refractivity contribution is -0.110. The lowest BCUT2D eigenvalue weighted by Crippen LogP contribution is -2.43. The summed E-state index contributed by atoms with van der Waals surface area (Å²) in [7, 11) is 0. The van der Waals surface area contributed by atoms with Gasteiger partial charge in [-0.25, -0.2) is 4.79 Å². The predicted molar refractivity (Wildman–Crippen MR) is 96.2 cm³/mol. The lowest BCUT2D eigenvalue weighted by atomic mass is 10.1. The van der Waals surface area contributed by atoms with E-state index in [0.29, 0.717) is 23.0 Å². The molecule has 0 saturated carbocycles. The number of ether oxygens (including phenoxy) is 1. The van der Waals surface area contributed by atoms with E-state index in [2.05, 4.69) is 15.6 Å². The van der Waals surface area contributed by atoms with Crippen LogP contribution < -0.4 is 15.4 Å². The predicted octanol–water partition coefficient (Wildman–Crippen LogP) is 3.38. The van der Waals surface area contributed by atoms with Gasteiger partial charge in [0.05, 0.1) is 16.4 Å². The van der Waals surface area contributed by atoms with Gasteiger partial charge in [-0.1, -0.05) is 35.9 Å². The van der Waals surface area contributed by atoms with E-state index >= 15 is 0 Å². The number of hydrogen-bond acceptors (Lipinski definition) is 4. The van der Waals surface area contributed by atoms with Crippen LogP contribution in [0.4, 0.5) is 4.79 Å². The van der Waals surface area contributed by atoms with E-state index < -0.39 is 6.09 Å². The average molecular weight is 376 g/mol. The summed E-state index contributed by atoms with van der Waals surface area (Å²) in [5, 5.41) is 6.50. The van der Waals surface area contributed by atoms with Crippen LogP contribution in [0.2, 0.25) is 4.34 Å². The number of nitrogens with one attached hydrogen (secondary N) is 3. The third-order valence-corrected chi connectivity index (χ3v) is 5.44. The number of halogens is 1. The van der Waals surface area contributed by atoms with E-state index in [-0.39, 0.29) is 12.1 Å². The third-order valence-electron chi connectivity index (χ3n) is 4.24. The summed E-state index contributed by atoms with van der Waals surface area (Å²) in [5.74, 6) is 0.353. The summed E-state index contributed by atoms with van der Waals surface area (Å²) in [6.07, 6.45) is 0.706. The molecule has 0 fully saturated rings. The Kier molecular flexibility index (Phi) is 4.10. The second kappa shape index (κ2) is 6.42. The average Bonchev–Trinajstić information content (AvgIpc) is 3.19. The first kappa shape index (κ1) is 16.0. The Balaban J connectivity index is 1.46. The highest BCUT2D eigenvalue weighted by molar-refractivity contribution is 7.22. The molecule has 3 N–H and O–H groups in total. The fourth-order valence-electron chi connectivity index (χ4n) is 3.21. The summed E-state index contributed by atoms with van der Waals surface area (Å²) in [5.41, 5.74) is 2.11. The van der Waals surface area contributed by atoms with Crippen molar-refractivity contribution in [3.05, 3.63) is 51.9 Å². The summed E-state index contributed by atoms with van der Waals surface area (Å²) < 4.78 is 6.00. The second-order valence-electron chi connectivity index (χ2n) is 5.77. The number of thiophene rings is 1. The first-order valence-electron chi connectivity index (χ1n) is 7.68. The molecule has 0 bridgehead atoms. The van der Waals surface area contributed by atoms with Gasteiger partial charge in [-0.2, -0.15) is 0 Å². The van der Waals surface area contributed by atoms with Gasteiger partial charge in [-0.15, -0.1) is 11.3 Å². The lowest BCUT2D eigenvalue weighted by Gasteiger charge is -2.20. The SMILES string of the molecule is O=CN[C@@H]1c2ccccc2C[C@H]1NC(=O)Oc1cc2cc(Cl)sc2[nH]1. The van der Waals surface area contributed by atoms with Crippen molar-refractivity contribution in [2.75, 3.05) is 0 Å². The first-order chi connectivity index (χ1) is 12.1. The van der Waals surface area contributed by atoms with E-state index in [1.165, 1.54) is 11.3 Å². The van der Waals surface area contributed by atoms with E-state index in [1.54, 1.807) is 12.1 Å². The van der Waals surface area contributed by atoms with Gasteiger partial charge in [-0.3, -0.25) is 4.79 Å². The molecular weight excluding hydrogens is 362 g/mol. The molecule has 0 saturated heterocycles. The van der Waals surface area contributed by atoms with Crippen molar-refractivity contribution in [1.82, 2.24) is 15.6 Å². The van der Waals surface area contributed by atoms with Crippen molar-refractivity contribution in [3.8, 4) is 5.88 Å². The minimum Gasteiger partial charge on any atom is -0.393 e. The minimum atomic E-state index is -0.574. The number of fused-ring (bicyclic) bond motifs is 2. The van der Waals surface area contributed by atoms with Crippen LogP contribution in [0, 0.1) is 0 Å². The van der Waals surface area contributed by atoms with Crippen LogP contribution in [-0.2, 0) is 11.2 Å². The van der Waals surface area contributed by atoms with E-state index in [0.717, 1.165) is 21.3 Å². The molecule has 25 heavy (non-hydrogen) atoms. The van der Waals surface area contributed by atoms with Gasteiger partial charge in [-0.05, 0) is 23.6 Å². The molecule has 0 unspecified atom stereocenters. The summed E-state index contributed by atoms with van der Waals surface area (Å²) in [4.78, 5) is 27.0. The Morgan fingerprint density at radius 3 is 3.00 bits per heavy atom. The first-order valence-corrected chi connectivity index (χ1v) is 8.87. The smallest absolute Gasteiger partial charge is 0.393 e.